The minimum atomic E-state index is -0.809. The molecule has 1 unspecified atom stereocenters. The van der Waals surface area contributed by atoms with E-state index < -0.39 is 35.1 Å². The monoisotopic (exact) mass is 598 g/mol. The molecule has 0 bridgehead atoms. The molecule has 0 saturated heterocycles. The van der Waals surface area contributed by atoms with Crippen LogP contribution in [0.2, 0.25) is 0 Å². The van der Waals surface area contributed by atoms with E-state index in [9.17, 15) is 24.0 Å². The molecule has 42 heavy (non-hydrogen) atoms. The van der Waals surface area contributed by atoms with E-state index in [1.165, 1.54) is 6.42 Å². The summed E-state index contributed by atoms with van der Waals surface area (Å²) >= 11 is 0. The van der Waals surface area contributed by atoms with Gasteiger partial charge in [-0.1, -0.05) is 19.3 Å². The third kappa shape index (κ3) is 17.1. The van der Waals surface area contributed by atoms with E-state index in [2.05, 4.69) is 26.6 Å². The van der Waals surface area contributed by atoms with Crippen molar-refractivity contribution in [2.24, 2.45) is 11.7 Å². The zero-order valence-corrected chi connectivity index (χ0v) is 26.2. The third-order valence-corrected chi connectivity index (χ3v) is 7.21. The maximum atomic E-state index is 12.4. The van der Waals surface area contributed by atoms with Crippen molar-refractivity contribution in [3.63, 3.8) is 0 Å². The summed E-state index contributed by atoms with van der Waals surface area (Å²) in [5, 5.41) is 13.2. The molecular formula is C29H54N6O7. The molecule has 242 valence electrons. The Morgan fingerprint density at radius 3 is 2.14 bits per heavy atom. The minimum absolute atomic E-state index is 0.139. The van der Waals surface area contributed by atoms with Crippen LogP contribution in [0.5, 0.6) is 0 Å². The summed E-state index contributed by atoms with van der Waals surface area (Å²) < 4.78 is 11.8. The van der Waals surface area contributed by atoms with Crippen LogP contribution < -0.4 is 32.3 Å². The van der Waals surface area contributed by atoms with E-state index in [-0.39, 0.29) is 43.8 Å². The van der Waals surface area contributed by atoms with Gasteiger partial charge in [0, 0.05) is 25.6 Å². The molecule has 0 aromatic carbocycles. The van der Waals surface area contributed by atoms with Gasteiger partial charge in [0.25, 0.3) is 0 Å². The Labute approximate surface area is 250 Å². The highest BCUT2D eigenvalue weighted by Gasteiger charge is 2.26. The van der Waals surface area contributed by atoms with E-state index in [0.717, 1.165) is 25.7 Å². The number of hydrogen-bond donors (Lipinski definition) is 6. The molecular weight excluding hydrogens is 544 g/mol. The second-order valence-electron chi connectivity index (χ2n) is 12.0. The summed E-state index contributed by atoms with van der Waals surface area (Å²) in [6, 6.07) is -1.47. The minimum Gasteiger partial charge on any atom is -0.375 e. The molecule has 1 atom stereocenters. The lowest BCUT2D eigenvalue weighted by atomic mass is 9.88. The number of nitrogens with two attached hydrogens (primary N) is 1. The van der Waals surface area contributed by atoms with E-state index in [0.29, 0.717) is 39.0 Å². The molecule has 0 aromatic rings. The summed E-state index contributed by atoms with van der Waals surface area (Å²) in [4.78, 5) is 60.1. The van der Waals surface area contributed by atoms with Crippen LogP contribution in [0.25, 0.3) is 0 Å². The normalized spacial score (nSPS) is 14.9. The molecule has 13 nitrogen and oxygen atoms in total. The summed E-state index contributed by atoms with van der Waals surface area (Å²) in [5.74, 6) is -1.05. The van der Waals surface area contributed by atoms with Crippen LogP contribution in [-0.2, 0) is 28.7 Å². The molecule has 1 aliphatic rings. The predicted octanol–water partition coefficient (Wildman–Crippen LogP) is 1.24. The maximum Gasteiger partial charge on any atom is 0.312 e. The zero-order valence-electron chi connectivity index (χ0n) is 26.2. The number of rotatable bonds is 20. The number of likely N-dealkylation sites (N-methyl/N-ethyl adjacent to an activating group) is 1. The van der Waals surface area contributed by atoms with Crippen LogP contribution in [0.3, 0.4) is 0 Å². The van der Waals surface area contributed by atoms with Gasteiger partial charge in [0.2, 0.25) is 23.6 Å². The molecule has 0 aromatic heterocycles. The van der Waals surface area contributed by atoms with Crippen LogP contribution in [0.1, 0.15) is 92.4 Å². The quantitative estimate of drug-likeness (QED) is 0.114. The molecule has 0 heterocycles. The van der Waals surface area contributed by atoms with E-state index in [1.54, 1.807) is 6.92 Å². The fourth-order valence-corrected chi connectivity index (χ4v) is 4.53. The van der Waals surface area contributed by atoms with Crippen molar-refractivity contribution in [1.29, 1.82) is 0 Å². The van der Waals surface area contributed by atoms with Gasteiger partial charge in [-0.05, 0) is 73.1 Å². The maximum absolute atomic E-state index is 12.4. The number of primary amides is 1. The van der Waals surface area contributed by atoms with Gasteiger partial charge >= 0.3 is 6.03 Å². The Kier molecular flexibility index (Phi) is 17.0. The lowest BCUT2D eigenvalue weighted by Crippen LogP contribution is -2.50. The Balaban J connectivity index is 2.32. The number of urea groups is 1. The average Bonchev–Trinajstić information content (AvgIpc) is 2.92. The summed E-state index contributed by atoms with van der Waals surface area (Å²) in [6.45, 7) is 10.5. The van der Waals surface area contributed by atoms with Gasteiger partial charge in [0.05, 0.1) is 24.4 Å². The number of carbonyl (C=O) groups is 5. The van der Waals surface area contributed by atoms with Crippen molar-refractivity contribution in [3.05, 3.63) is 0 Å². The summed E-state index contributed by atoms with van der Waals surface area (Å²) in [7, 11) is 0. The van der Waals surface area contributed by atoms with Crippen molar-refractivity contribution in [2.75, 3.05) is 39.4 Å². The molecule has 13 heteroatoms. The van der Waals surface area contributed by atoms with Crippen LogP contribution in [0.15, 0.2) is 0 Å². The van der Waals surface area contributed by atoms with Crippen molar-refractivity contribution in [2.45, 2.75) is 110 Å². The second-order valence-corrected chi connectivity index (χ2v) is 12.0. The van der Waals surface area contributed by atoms with Gasteiger partial charge in [-0.25, -0.2) is 4.79 Å². The van der Waals surface area contributed by atoms with Crippen LogP contribution in [0, 0.1) is 5.92 Å². The number of amides is 6. The Hall–Kier alpha value is -2.93. The first-order chi connectivity index (χ1) is 19.7. The highest BCUT2D eigenvalue weighted by molar-refractivity contribution is 5.90. The standard InChI is InChI=1S/C29H54N6O7/c1-6-31-26(39)22(13-10-16-33-27(30)40)35-23(36)19-34-24(37)20-42-29(4,5)15-18-41-28(2,3)14-17-32-25(38)21-11-8-7-9-12-21/h21-22H,6-20H2,1-5H3,(H,31,39)(H,32,38)(H,34,37)(H,35,36)(H3,30,33,40). The molecule has 6 amide bonds. The highest BCUT2D eigenvalue weighted by Crippen LogP contribution is 2.24. The molecule has 1 aliphatic carbocycles. The first-order valence-electron chi connectivity index (χ1n) is 15.2. The number of hydrogen-bond acceptors (Lipinski definition) is 7. The number of ether oxygens (including phenoxy) is 2. The zero-order chi connectivity index (χ0) is 31.6. The van der Waals surface area contributed by atoms with Crippen molar-refractivity contribution >= 4 is 29.7 Å². The molecule has 0 spiro atoms. The predicted molar refractivity (Wildman–Crippen MR) is 159 cm³/mol. The molecule has 1 fully saturated rings. The fraction of sp³-hybridized carbons (Fsp3) is 0.828. The number of carbonyl (C=O) groups excluding carboxylic acids is 5. The molecule has 7 N–H and O–H groups in total. The van der Waals surface area contributed by atoms with Crippen molar-refractivity contribution in [3.8, 4) is 0 Å². The van der Waals surface area contributed by atoms with Crippen LogP contribution in [0.4, 0.5) is 4.79 Å². The van der Waals surface area contributed by atoms with Gasteiger partial charge in [0.1, 0.15) is 12.6 Å². The summed E-state index contributed by atoms with van der Waals surface area (Å²) in [5.41, 5.74) is 3.96. The van der Waals surface area contributed by atoms with Gasteiger partial charge in [-0.3, -0.25) is 19.2 Å². The lowest BCUT2D eigenvalue weighted by molar-refractivity contribution is -0.136. The lowest BCUT2D eigenvalue weighted by Gasteiger charge is -2.30. The van der Waals surface area contributed by atoms with E-state index in [1.807, 2.05) is 27.7 Å². The molecule has 1 saturated carbocycles. The first kappa shape index (κ1) is 37.1. The fourth-order valence-electron chi connectivity index (χ4n) is 4.53. The average molecular weight is 599 g/mol. The van der Waals surface area contributed by atoms with Crippen LogP contribution in [-0.4, -0.2) is 86.3 Å². The Morgan fingerprint density at radius 2 is 1.50 bits per heavy atom. The smallest absolute Gasteiger partial charge is 0.312 e. The van der Waals surface area contributed by atoms with Crippen molar-refractivity contribution in [1.82, 2.24) is 26.6 Å². The second kappa shape index (κ2) is 19.3. The summed E-state index contributed by atoms with van der Waals surface area (Å²) in [6.07, 6.45) is 7.36. The largest absolute Gasteiger partial charge is 0.375 e. The first-order valence-corrected chi connectivity index (χ1v) is 15.2. The van der Waals surface area contributed by atoms with Crippen molar-refractivity contribution < 1.29 is 33.4 Å². The van der Waals surface area contributed by atoms with Gasteiger partial charge in [-0.2, -0.15) is 0 Å². The van der Waals surface area contributed by atoms with Crippen LogP contribution >= 0.6 is 0 Å². The van der Waals surface area contributed by atoms with Gasteiger partial charge in [-0.15, -0.1) is 0 Å². The highest BCUT2D eigenvalue weighted by atomic mass is 16.5. The van der Waals surface area contributed by atoms with E-state index in [4.69, 9.17) is 15.2 Å². The molecule has 0 aliphatic heterocycles. The topological polar surface area (TPSA) is 190 Å². The SMILES string of the molecule is CCNC(=O)C(CCCNC(N)=O)NC(=O)CNC(=O)COC(C)(C)CCOC(C)(C)CCNC(=O)C1CCCCC1. The Morgan fingerprint density at radius 1 is 0.833 bits per heavy atom. The number of nitrogens with one attached hydrogen (secondary N) is 5. The van der Waals surface area contributed by atoms with Gasteiger partial charge in [0.15, 0.2) is 0 Å². The van der Waals surface area contributed by atoms with E-state index >= 15 is 0 Å². The Bertz CT molecular complexity index is 875. The molecule has 0 radical (unpaired) electrons. The molecule has 1 rings (SSSR count). The third-order valence-electron chi connectivity index (χ3n) is 7.21. The van der Waals surface area contributed by atoms with Gasteiger partial charge < -0.3 is 41.8 Å².